The van der Waals surface area contributed by atoms with Crippen LogP contribution in [0.5, 0.6) is 11.5 Å². The van der Waals surface area contributed by atoms with Crippen molar-refractivity contribution in [1.82, 2.24) is 33.9 Å². The summed E-state index contributed by atoms with van der Waals surface area (Å²) in [6.07, 6.45) is 18.5. The predicted molar refractivity (Wildman–Crippen MR) is 294 cm³/mol. The Bertz CT molecular complexity index is 3050. The lowest BCUT2D eigenvalue weighted by atomic mass is 9.77. The average molecular weight is 1140 g/mol. The van der Waals surface area contributed by atoms with E-state index < -0.39 is 11.1 Å². The fourth-order valence-electron chi connectivity index (χ4n) is 11.0. The van der Waals surface area contributed by atoms with Crippen LogP contribution in [-0.4, -0.2) is 129 Å². The summed E-state index contributed by atoms with van der Waals surface area (Å²) in [7, 11) is 3.13. The Morgan fingerprint density at radius 2 is 1.34 bits per heavy atom. The molecule has 2 aromatic carbocycles. The van der Waals surface area contributed by atoms with Gasteiger partial charge in [0, 0.05) is 98.6 Å². The lowest BCUT2D eigenvalue weighted by molar-refractivity contribution is -0.134. The third kappa shape index (κ3) is 9.67. The molecule has 19 nitrogen and oxygen atoms in total. The number of benzene rings is 2. The van der Waals surface area contributed by atoms with E-state index in [0.717, 1.165) is 76.5 Å². The van der Waals surface area contributed by atoms with Crippen molar-refractivity contribution in [2.45, 2.75) is 113 Å². The van der Waals surface area contributed by atoms with Crippen LogP contribution < -0.4 is 20.9 Å². The highest BCUT2D eigenvalue weighted by molar-refractivity contribution is 9.10. The maximum atomic E-state index is 13.5. The molecule has 0 saturated carbocycles. The summed E-state index contributed by atoms with van der Waals surface area (Å²) in [5, 5.41) is 3.37. The normalized spacial score (nSPS) is 29.1. The number of aromatic nitrogens is 5. The van der Waals surface area contributed by atoms with E-state index in [1.807, 2.05) is 72.1 Å². The number of hydrogen-bond donors (Lipinski definition) is 2. The fourth-order valence-corrected chi connectivity index (χ4v) is 13.3. The summed E-state index contributed by atoms with van der Waals surface area (Å²) in [4.78, 5) is 52.4. The molecule has 13 rings (SSSR count). The van der Waals surface area contributed by atoms with Gasteiger partial charge in [-0.05, 0) is 113 Å². The van der Waals surface area contributed by atoms with Crippen molar-refractivity contribution in [3.63, 3.8) is 0 Å². The van der Waals surface area contributed by atoms with Gasteiger partial charge in [-0.3, -0.25) is 24.0 Å². The molecule has 8 aliphatic rings. The first-order valence-electron chi connectivity index (χ1n) is 25.8. The number of thiazole rings is 1. The molecule has 3 fully saturated rings. The van der Waals surface area contributed by atoms with Crippen LogP contribution in [0.4, 0.5) is 0 Å². The maximum Gasteiger partial charge on any atom is 0.491 e. The van der Waals surface area contributed by atoms with Gasteiger partial charge in [-0.15, -0.1) is 11.8 Å². The van der Waals surface area contributed by atoms with Crippen molar-refractivity contribution >= 4 is 69.9 Å². The van der Waals surface area contributed by atoms with E-state index in [2.05, 4.69) is 73.5 Å². The van der Waals surface area contributed by atoms with Gasteiger partial charge in [0.1, 0.15) is 30.0 Å². The number of amides is 2. The largest absolute Gasteiger partial charge is 0.491 e. The molecule has 0 bridgehead atoms. The quantitative estimate of drug-likeness (QED) is 0.156. The van der Waals surface area contributed by atoms with Gasteiger partial charge < -0.3 is 44.3 Å². The third-order valence-electron chi connectivity index (χ3n) is 16.1. The maximum absolute atomic E-state index is 13.5. The smallest absolute Gasteiger partial charge is 0.490 e. The highest BCUT2D eigenvalue weighted by Gasteiger charge is 2.57. The number of hydrogen-bond acceptors (Lipinski definition) is 17. The Labute approximate surface area is 459 Å². The van der Waals surface area contributed by atoms with Crippen molar-refractivity contribution in [3.05, 3.63) is 107 Å². The monoisotopic (exact) mass is 1140 g/mol. The molecule has 0 aliphatic carbocycles. The van der Waals surface area contributed by atoms with E-state index in [-0.39, 0.29) is 66.1 Å². The number of guanidine groups is 2. The van der Waals surface area contributed by atoms with Gasteiger partial charge in [0.15, 0.2) is 28.1 Å². The standard InChI is InChI=1S/C23H24N6O3S.C17H20BrN3O3.C13H19BN2O2S/c1-28-20(30)23(27-21(28)24)10-18(15-3-2-8-31-12-15)32-17-5-4-14(9-16(17)23)19-11-26-22(33-19)29-7-6-25-13-29;1-21-15(22)17(20-16(21)19)8-14(10-3-2-6-23-9-10)24-13-5-4-11(18)7-12(13)17;1-12(2)13(3,4)18-14(17-12)10-7-11(19-8-10)16-6-5-15-9-16/h4-7,9,11,13,15,18H,2-3,8,10,12H2,1H3,(H2,24,27);4-5,7,10,14H,2-3,6,8-9H2,1H3,(H2,19,20);5-6,8-9,11H,7H2,1-4H3. The molecule has 0 radical (unpaired) electrons. The van der Waals surface area contributed by atoms with Gasteiger partial charge in [-0.25, -0.2) is 24.9 Å². The molecule has 76 heavy (non-hydrogen) atoms. The molecule has 23 heteroatoms. The van der Waals surface area contributed by atoms with E-state index in [1.165, 1.54) is 15.3 Å². The SMILES string of the molecule is CC1(C)OB(C2=CSC(n3ccnc3)C2)OC1(C)C.CN1C(=O)C2(CC(C3CCCOC3)Oc3ccc(-c4cnc(-n5ccnc5)s4)cc32)N=C1N.CN1C(=O)C2(CC(C3CCCOC3)Oc3ccc(Br)cc32)N=C1N. The van der Waals surface area contributed by atoms with Crippen LogP contribution in [0.1, 0.15) is 89.1 Å². The highest BCUT2D eigenvalue weighted by atomic mass is 79.9. The molecular weight excluding hydrogens is 1070 g/mol. The Balaban J connectivity index is 0.000000127. The van der Waals surface area contributed by atoms with Gasteiger partial charge in [-0.1, -0.05) is 27.3 Å². The number of ether oxygens (including phenoxy) is 4. The van der Waals surface area contributed by atoms with Crippen molar-refractivity contribution in [2.75, 3.05) is 40.5 Å². The summed E-state index contributed by atoms with van der Waals surface area (Å²) < 4.78 is 41.1. The Morgan fingerprint density at radius 3 is 1.87 bits per heavy atom. The second-order valence-electron chi connectivity index (χ2n) is 21.5. The number of carbonyl (C=O) groups excluding carboxylic acids is 2. The van der Waals surface area contributed by atoms with Crippen LogP contribution in [0.3, 0.4) is 0 Å². The van der Waals surface area contributed by atoms with Crippen LogP contribution in [0.25, 0.3) is 15.6 Å². The van der Waals surface area contributed by atoms with Crippen LogP contribution in [0, 0.1) is 11.8 Å². The minimum absolute atomic E-state index is 0.0932. The molecule has 8 aliphatic heterocycles. The average Bonchev–Trinajstić information content (AvgIpc) is 4.40. The number of thioether (sulfide) groups is 1. The molecule has 11 heterocycles. The summed E-state index contributed by atoms with van der Waals surface area (Å²) >= 11 is 6.83. The van der Waals surface area contributed by atoms with E-state index >= 15 is 0 Å². The lowest BCUT2D eigenvalue weighted by Crippen LogP contribution is -2.48. The predicted octanol–water partition coefficient (Wildman–Crippen LogP) is 7.60. The number of allylic oxidation sites excluding steroid dienone is 1. The van der Waals surface area contributed by atoms with Gasteiger partial charge in [-0.2, -0.15) is 0 Å². The Hall–Kier alpha value is -5.56. The van der Waals surface area contributed by atoms with Crippen molar-refractivity contribution in [2.24, 2.45) is 33.3 Å². The molecule has 5 aromatic rings. The van der Waals surface area contributed by atoms with E-state index in [9.17, 15) is 9.59 Å². The van der Waals surface area contributed by atoms with Gasteiger partial charge in [0.05, 0.1) is 41.0 Å². The van der Waals surface area contributed by atoms with Gasteiger partial charge in [0.25, 0.3) is 11.8 Å². The number of nitrogens with two attached hydrogens (primary N) is 2. The van der Waals surface area contributed by atoms with Crippen LogP contribution in [0.15, 0.2) is 105 Å². The van der Waals surface area contributed by atoms with Crippen LogP contribution in [0.2, 0.25) is 0 Å². The first-order chi connectivity index (χ1) is 36.4. The number of likely N-dealkylation sites (N-methyl/N-ethyl adjacent to an activating group) is 2. The summed E-state index contributed by atoms with van der Waals surface area (Å²) in [6.45, 7) is 11.2. The Kier molecular flexibility index (Phi) is 14.3. The van der Waals surface area contributed by atoms with Crippen molar-refractivity contribution in [3.8, 4) is 27.1 Å². The Morgan fingerprint density at radius 1 is 0.763 bits per heavy atom. The van der Waals surface area contributed by atoms with Crippen LogP contribution in [-0.2, 0) is 39.4 Å². The van der Waals surface area contributed by atoms with Crippen LogP contribution >= 0.6 is 39.0 Å². The fraction of sp³-hybridized carbons (Fsp3) is 0.491. The number of fused-ring (bicyclic) bond motifs is 4. The van der Waals surface area contributed by atoms with E-state index in [1.54, 1.807) is 49.7 Å². The van der Waals surface area contributed by atoms with Crippen molar-refractivity contribution in [1.29, 1.82) is 0 Å². The first kappa shape index (κ1) is 52.5. The molecule has 3 saturated heterocycles. The molecule has 7 atom stereocenters. The zero-order valence-corrected chi connectivity index (χ0v) is 46.7. The molecule has 2 amide bonds. The zero-order valence-electron chi connectivity index (χ0n) is 43.5. The topological polar surface area (TPSA) is 221 Å². The molecule has 4 N–H and O–H groups in total. The van der Waals surface area contributed by atoms with Gasteiger partial charge in [0.2, 0.25) is 0 Å². The molecule has 400 valence electrons. The minimum atomic E-state index is -1.08. The molecule has 2 spiro atoms. The first-order valence-corrected chi connectivity index (χ1v) is 28.3. The number of halogens is 1. The number of rotatable bonds is 6. The second kappa shape index (κ2) is 20.7. The van der Waals surface area contributed by atoms with E-state index in [4.69, 9.17) is 44.7 Å². The number of aliphatic imine (C=N–C) groups is 2. The van der Waals surface area contributed by atoms with Crippen molar-refractivity contribution < 1.29 is 37.8 Å². The molecule has 7 unspecified atom stereocenters. The third-order valence-corrected chi connectivity index (χ3v) is 18.8. The minimum Gasteiger partial charge on any atom is -0.490 e. The summed E-state index contributed by atoms with van der Waals surface area (Å²) in [6, 6.07) is 11.7. The second-order valence-corrected chi connectivity index (χ2v) is 24.5. The number of imidazole rings is 2. The summed E-state index contributed by atoms with van der Waals surface area (Å²) in [5.41, 5.74) is 13.2. The number of carbonyl (C=O) groups is 2. The molecular formula is C53H63BBrN11O8S2. The van der Waals surface area contributed by atoms with E-state index in [0.29, 0.717) is 42.9 Å². The molecule has 3 aromatic heterocycles. The number of nitrogens with zero attached hydrogens (tertiary/aromatic N) is 9. The zero-order chi connectivity index (χ0) is 53.1. The summed E-state index contributed by atoms with van der Waals surface area (Å²) in [5.74, 6) is 2.15. The lowest BCUT2D eigenvalue weighted by Gasteiger charge is -2.40. The van der Waals surface area contributed by atoms with Gasteiger partial charge >= 0.3 is 7.12 Å². The highest BCUT2D eigenvalue weighted by Crippen LogP contribution is 2.51.